The van der Waals surface area contributed by atoms with Crippen LogP contribution in [-0.2, 0) is 21.3 Å². The normalized spacial score (nSPS) is 25.8. The van der Waals surface area contributed by atoms with E-state index in [0.29, 0.717) is 38.1 Å². The van der Waals surface area contributed by atoms with Gasteiger partial charge in [-0.3, -0.25) is 14.5 Å². The Morgan fingerprint density at radius 2 is 1.79 bits per heavy atom. The summed E-state index contributed by atoms with van der Waals surface area (Å²) in [6, 6.07) is 9.80. The highest BCUT2D eigenvalue weighted by Crippen LogP contribution is 2.39. The number of aliphatic hydroxyl groups is 1. The Morgan fingerprint density at radius 3 is 2.44 bits per heavy atom. The summed E-state index contributed by atoms with van der Waals surface area (Å²) in [5.41, 5.74) is -1.43. The summed E-state index contributed by atoms with van der Waals surface area (Å²) in [5.74, 6) is -1.60. The van der Waals surface area contributed by atoms with E-state index in [-0.39, 0.29) is 29.6 Å². The Bertz CT molecular complexity index is 1150. The highest BCUT2D eigenvalue weighted by atomic mass is 19.4. The first-order valence-corrected chi connectivity index (χ1v) is 13.1. The van der Waals surface area contributed by atoms with Gasteiger partial charge in [0, 0.05) is 31.3 Å². The Kier molecular flexibility index (Phi) is 8.93. The van der Waals surface area contributed by atoms with Gasteiger partial charge in [0.05, 0.1) is 29.9 Å². The third kappa shape index (κ3) is 7.14. The van der Waals surface area contributed by atoms with Crippen molar-refractivity contribution >= 4 is 11.8 Å². The summed E-state index contributed by atoms with van der Waals surface area (Å²) in [7, 11) is 0. The highest BCUT2D eigenvalue weighted by Gasteiger charge is 2.42. The Morgan fingerprint density at radius 1 is 1.10 bits per heavy atom. The molecule has 0 aromatic heterocycles. The van der Waals surface area contributed by atoms with Crippen LogP contribution in [0.2, 0.25) is 0 Å². The largest absolute Gasteiger partial charge is 0.416 e. The first-order chi connectivity index (χ1) is 18.5. The van der Waals surface area contributed by atoms with Crippen molar-refractivity contribution in [2.75, 3.05) is 26.2 Å². The molecule has 2 aromatic carbocycles. The third-order valence-electron chi connectivity index (χ3n) is 7.56. The summed E-state index contributed by atoms with van der Waals surface area (Å²) in [4.78, 5) is 27.2. The van der Waals surface area contributed by atoms with Gasteiger partial charge < -0.3 is 20.5 Å². The van der Waals surface area contributed by atoms with Gasteiger partial charge in [-0.05, 0) is 68.5 Å². The van der Waals surface area contributed by atoms with Crippen LogP contribution in [0.4, 0.5) is 17.6 Å². The smallest absolute Gasteiger partial charge is 0.385 e. The van der Waals surface area contributed by atoms with Crippen LogP contribution in [0.5, 0.6) is 0 Å². The van der Waals surface area contributed by atoms with E-state index in [1.807, 2.05) is 6.92 Å². The second-order valence-electron chi connectivity index (χ2n) is 10.2. The third-order valence-corrected chi connectivity index (χ3v) is 7.56. The number of carbonyl (C=O) groups is 2. The zero-order valence-corrected chi connectivity index (χ0v) is 21.6. The predicted molar refractivity (Wildman–Crippen MR) is 135 cm³/mol. The second-order valence-corrected chi connectivity index (χ2v) is 10.2. The first kappa shape index (κ1) is 29.0. The minimum atomic E-state index is -4.58. The molecule has 4 rings (SSSR count). The summed E-state index contributed by atoms with van der Waals surface area (Å²) >= 11 is 0. The van der Waals surface area contributed by atoms with Crippen molar-refractivity contribution in [3.8, 4) is 0 Å². The topological polar surface area (TPSA) is 90.9 Å². The van der Waals surface area contributed by atoms with Crippen molar-refractivity contribution in [2.24, 2.45) is 0 Å². The lowest BCUT2D eigenvalue weighted by molar-refractivity contribution is -0.137. The molecule has 1 aliphatic carbocycles. The maximum Gasteiger partial charge on any atom is 0.416 e. The molecule has 1 saturated carbocycles. The Balaban J connectivity index is 1.30. The van der Waals surface area contributed by atoms with Crippen LogP contribution in [0.1, 0.15) is 54.1 Å². The van der Waals surface area contributed by atoms with E-state index in [4.69, 9.17) is 4.74 Å². The number of benzene rings is 2. The van der Waals surface area contributed by atoms with Gasteiger partial charge in [0.25, 0.3) is 5.91 Å². The maximum absolute atomic E-state index is 13.3. The van der Waals surface area contributed by atoms with Gasteiger partial charge in [0.1, 0.15) is 5.82 Å². The minimum absolute atomic E-state index is 0.177. The van der Waals surface area contributed by atoms with E-state index in [1.54, 1.807) is 12.1 Å². The van der Waals surface area contributed by atoms with Crippen molar-refractivity contribution in [3.63, 3.8) is 0 Å². The molecule has 1 heterocycles. The fourth-order valence-electron chi connectivity index (χ4n) is 5.47. The second kappa shape index (κ2) is 12.0. The number of nitrogens with zero attached hydrogens (tertiary/aromatic N) is 1. The average molecular weight is 552 g/mol. The molecule has 0 radical (unpaired) electrons. The van der Waals surface area contributed by atoms with Crippen molar-refractivity contribution < 1.29 is 37.0 Å². The molecule has 11 heteroatoms. The fourth-order valence-corrected chi connectivity index (χ4v) is 5.47. The van der Waals surface area contributed by atoms with E-state index in [0.717, 1.165) is 31.0 Å². The number of rotatable bonds is 8. The summed E-state index contributed by atoms with van der Waals surface area (Å²) in [6.45, 7) is 3.04. The summed E-state index contributed by atoms with van der Waals surface area (Å²) < 4.78 is 58.0. The number of hydrogen-bond donors (Lipinski definition) is 3. The van der Waals surface area contributed by atoms with Crippen molar-refractivity contribution in [1.29, 1.82) is 0 Å². The SMILES string of the molecule is CCO[C@H]1CN(C2CCC(O)(c3ccc(F)cc3)CC2)C[C@@H]1NC(=O)CNC(=O)c1cccc(C(F)(F)F)c1. The van der Waals surface area contributed by atoms with E-state index in [2.05, 4.69) is 15.5 Å². The number of halogens is 4. The van der Waals surface area contributed by atoms with Gasteiger partial charge in [-0.15, -0.1) is 0 Å². The molecule has 39 heavy (non-hydrogen) atoms. The number of likely N-dealkylation sites (tertiary alicyclic amines) is 1. The maximum atomic E-state index is 13.3. The minimum Gasteiger partial charge on any atom is -0.385 e. The van der Waals surface area contributed by atoms with Crippen molar-refractivity contribution in [3.05, 3.63) is 71.0 Å². The number of ether oxygens (including phenoxy) is 1. The average Bonchev–Trinajstić information content (AvgIpc) is 3.29. The molecule has 1 aliphatic heterocycles. The quantitative estimate of drug-likeness (QED) is 0.437. The molecule has 2 fully saturated rings. The predicted octanol–water partition coefficient (Wildman–Crippen LogP) is 3.61. The molecule has 2 aromatic rings. The van der Waals surface area contributed by atoms with Gasteiger partial charge in [-0.1, -0.05) is 18.2 Å². The molecule has 7 nitrogen and oxygen atoms in total. The zero-order chi connectivity index (χ0) is 28.2. The van der Waals surface area contributed by atoms with Crippen LogP contribution >= 0.6 is 0 Å². The van der Waals surface area contributed by atoms with E-state index < -0.39 is 35.7 Å². The standard InChI is InChI=1S/C28H33F4N3O4/c1-2-39-24-17-35(22-10-12-27(38,13-11-22)19-6-8-21(29)9-7-19)16-23(24)34-25(36)15-33-26(37)18-4-3-5-20(14-18)28(30,31)32/h3-9,14,22-24,38H,2,10-13,15-17H2,1H3,(H,33,37)(H,34,36)/t22?,23-,24-,27?/m0/s1. The van der Waals surface area contributed by atoms with Crippen LogP contribution in [-0.4, -0.2) is 66.2 Å². The first-order valence-electron chi connectivity index (χ1n) is 13.1. The molecule has 3 N–H and O–H groups in total. The summed E-state index contributed by atoms with van der Waals surface area (Å²) in [5, 5.41) is 16.4. The molecule has 2 atom stereocenters. The van der Waals surface area contributed by atoms with Crippen LogP contribution in [0.25, 0.3) is 0 Å². The van der Waals surface area contributed by atoms with Crippen LogP contribution in [0.15, 0.2) is 48.5 Å². The van der Waals surface area contributed by atoms with Crippen molar-refractivity contribution in [2.45, 2.75) is 62.6 Å². The molecule has 0 spiro atoms. The summed E-state index contributed by atoms with van der Waals surface area (Å²) in [6.07, 6.45) is -2.35. The fraction of sp³-hybridized carbons (Fsp3) is 0.500. The highest BCUT2D eigenvalue weighted by molar-refractivity contribution is 5.96. The Labute approximate surface area is 224 Å². The molecular formula is C28H33F4N3O4. The van der Waals surface area contributed by atoms with E-state index in [9.17, 15) is 32.3 Å². The number of alkyl halides is 3. The van der Waals surface area contributed by atoms with Crippen LogP contribution < -0.4 is 10.6 Å². The molecule has 0 bridgehead atoms. The molecular weight excluding hydrogens is 518 g/mol. The molecule has 1 saturated heterocycles. The molecule has 212 valence electrons. The number of amides is 2. The van der Waals surface area contributed by atoms with Gasteiger partial charge in [-0.25, -0.2) is 4.39 Å². The monoisotopic (exact) mass is 551 g/mol. The lowest BCUT2D eigenvalue weighted by Crippen LogP contribution is -2.48. The lowest BCUT2D eigenvalue weighted by atomic mass is 9.77. The number of nitrogens with one attached hydrogen (secondary N) is 2. The molecule has 0 unspecified atom stereocenters. The van der Waals surface area contributed by atoms with E-state index in [1.165, 1.54) is 18.2 Å². The van der Waals surface area contributed by atoms with Gasteiger partial charge in [-0.2, -0.15) is 13.2 Å². The number of hydrogen-bond acceptors (Lipinski definition) is 5. The van der Waals surface area contributed by atoms with E-state index >= 15 is 0 Å². The van der Waals surface area contributed by atoms with Crippen molar-refractivity contribution in [1.82, 2.24) is 15.5 Å². The zero-order valence-electron chi connectivity index (χ0n) is 21.6. The molecule has 2 aliphatic rings. The number of carbonyl (C=O) groups excluding carboxylic acids is 2. The van der Waals surface area contributed by atoms with Gasteiger partial charge in [0.2, 0.25) is 5.91 Å². The van der Waals surface area contributed by atoms with Gasteiger partial charge in [0.15, 0.2) is 0 Å². The van der Waals surface area contributed by atoms with Gasteiger partial charge >= 0.3 is 6.18 Å². The molecule has 2 amide bonds. The lowest BCUT2D eigenvalue weighted by Gasteiger charge is -2.40. The van der Waals surface area contributed by atoms with Crippen LogP contribution in [0, 0.1) is 5.82 Å². The Hall–Kier alpha value is -3.02. The van der Waals surface area contributed by atoms with Crippen LogP contribution in [0.3, 0.4) is 0 Å².